The molecule has 4 heterocycles. The number of nitrogens with zero attached hydrogens (tertiary/aromatic N) is 1. The average molecular weight is 486 g/mol. The molecule has 3 aliphatic rings. The summed E-state index contributed by atoms with van der Waals surface area (Å²) in [7, 11) is 0. The Hall–Kier alpha value is -3.91. The molecule has 2 saturated heterocycles. The molecule has 0 saturated carbocycles. The lowest BCUT2D eigenvalue weighted by Gasteiger charge is -2.23. The zero-order valence-corrected chi connectivity index (χ0v) is 19.9. The number of benzene rings is 2. The number of anilines is 1. The maximum Gasteiger partial charge on any atom is 0.338 e. The Balaban J connectivity index is 1.17. The van der Waals surface area contributed by atoms with Crippen LogP contribution < -0.4 is 5.32 Å². The van der Waals surface area contributed by atoms with Crippen LogP contribution in [0, 0.1) is 11.8 Å². The monoisotopic (exact) mass is 485 g/mol. The van der Waals surface area contributed by atoms with Crippen molar-refractivity contribution < 1.29 is 23.9 Å². The number of rotatable bonds is 7. The predicted molar refractivity (Wildman–Crippen MR) is 133 cm³/mol. The van der Waals surface area contributed by atoms with Crippen molar-refractivity contribution in [1.29, 1.82) is 0 Å². The molecule has 1 spiro atoms. The van der Waals surface area contributed by atoms with Crippen molar-refractivity contribution >= 4 is 34.4 Å². The lowest BCUT2D eigenvalue weighted by molar-refractivity contribution is -0.135. The third-order valence-electron chi connectivity index (χ3n) is 7.45. The second-order valence-corrected chi connectivity index (χ2v) is 9.56. The number of amides is 2. The maximum atomic E-state index is 13.5. The molecular formula is C28H27N3O5. The normalized spacial score (nSPS) is 26.0. The number of para-hydroxylation sites is 1. The quantitative estimate of drug-likeness (QED) is 0.395. The Morgan fingerprint density at radius 2 is 2.08 bits per heavy atom. The van der Waals surface area contributed by atoms with E-state index in [0.29, 0.717) is 30.8 Å². The molecule has 36 heavy (non-hydrogen) atoms. The summed E-state index contributed by atoms with van der Waals surface area (Å²) in [5.41, 5.74) is 2.30. The summed E-state index contributed by atoms with van der Waals surface area (Å²) < 4.78 is 11.3. The molecule has 8 nitrogen and oxygen atoms in total. The van der Waals surface area contributed by atoms with Crippen LogP contribution in [0.2, 0.25) is 0 Å². The first-order valence-corrected chi connectivity index (χ1v) is 12.3. The molecule has 2 amide bonds. The van der Waals surface area contributed by atoms with Crippen molar-refractivity contribution in [3.63, 3.8) is 0 Å². The SMILES string of the molecule is CCOC(=O)c1cccc(NC(=O)[C@@H]2[C@H]3C=C[C@@]4(CN(CCc5c[nH]c6ccccc56)C(=O)[C@@H]24)O3)c1. The highest BCUT2D eigenvalue weighted by atomic mass is 16.5. The van der Waals surface area contributed by atoms with E-state index in [4.69, 9.17) is 9.47 Å². The number of aromatic amines is 1. The average Bonchev–Trinajstić information content (AvgIpc) is 3.63. The van der Waals surface area contributed by atoms with Gasteiger partial charge in [0.2, 0.25) is 11.8 Å². The molecule has 0 unspecified atom stereocenters. The summed E-state index contributed by atoms with van der Waals surface area (Å²) in [5, 5.41) is 4.04. The highest BCUT2D eigenvalue weighted by Gasteiger charge is 2.66. The maximum absolute atomic E-state index is 13.5. The zero-order valence-electron chi connectivity index (χ0n) is 19.9. The Morgan fingerprint density at radius 1 is 1.22 bits per heavy atom. The number of ether oxygens (including phenoxy) is 2. The van der Waals surface area contributed by atoms with E-state index in [2.05, 4.69) is 16.4 Å². The van der Waals surface area contributed by atoms with Gasteiger partial charge in [0.05, 0.1) is 36.7 Å². The van der Waals surface area contributed by atoms with Crippen LogP contribution in [0.25, 0.3) is 10.9 Å². The first-order valence-electron chi connectivity index (χ1n) is 12.3. The van der Waals surface area contributed by atoms with E-state index < -0.39 is 29.5 Å². The lowest BCUT2D eigenvalue weighted by atomic mass is 9.76. The van der Waals surface area contributed by atoms with Gasteiger partial charge in [-0.3, -0.25) is 9.59 Å². The Labute approximate surface area is 208 Å². The van der Waals surface area contributed by atoms with Gasteiger partial charge in [-0.25, -0.2) is 4.79 Å². The van der Waals surface area contributed by atoms with Crippen LogP contribution in [0.15, 0.2) is 66.9 Å². The Kier molecular flexibility index (Phi) is 5.41. The summed E-state index contributed by atoms with van der Waals surface area (Å²) in [5.74, 6) is -1.99. The number of esters is 1. The molecule has 1 aromatic heterocycles. The van der Waals surface area contributed by atoms with E-state index >= 15 is 0 Å². The number of fused-ring (bicyclic) bond motifs is 2. The smallest absolute Gasteiger partial charge is 0.338 e. The van der Waals surface area contributed by atoms with Gasteiger partial charge in [0.25, 0.3) is 0 Å². The van der Waals surface area contributed by atoms with Crippen LogP contribution >= 0.6 is 0 Å². The molecule has 8 heteroatoms. The third-order valence-corrected chi connectivity index (χ3v) is 7.45. The predicted octanol–water partition coefficient (Wildman–Crippen LogP) is 3.31. The number of aromatic nitrogens is 1. The van der Waals surface area contributed by atoms with Gasteiger partial charge in [0.1, 0.15) is 5.60 Å². The standard InChI is InChI=1S/C28H27N3O5/c1-2-35-27(34)17-6-5-7-19(14-17)30-25(32)23-22-10-12-28(36-22)16-31(26(33)24(23)28)13-11-18-15-29-21-9-4-3-8-20(18)21/h3-10,12,14-15,22-24,29H,2,11,13,16H2,1H3,(H,30,32)/t22-,23-,24-,28+/m1/s1. The number of carbonyl (C=O) groups excluding carboxylic acids is 3. The van der Waals surface area contributed by atoms with Gasteiger partial charge >= 0.3 is 5.97 Å². The Morgan fingerprint density at radius 3 is 2.94 bits per heavy atom. The number of carbonyl (C=O) groups is 3. The van der Waals surface area contributed by atoms with Gasteiger partial charge in [-0.15, -0.1) is 0 Å². The number of H-pyrrole nitrogens is 1. The van der Waals surface area contributed by atoms with Crippen LogP contribution in [0.1, 0.15) is 22.8 Å². The largest absolute Gasteiger partial charge is 0.462 e. The third kappa shape index (κ3) is 3.60. The second-order valence-electron chi connectivity index (χ2n) is 9.56. The molecule has 2 aromatic carbocycles. The highest BCUT2D eigenvalue weighted by Crippen LogP contribution is 2.52. The molecule has 3 aliphatic heterocycles. The molecule has 184 valence electrons. The van der Waals surface area contributed by atoms with Crippen molar-refractivity contribution in [2.24, 2.45) is 11.8 Å². The number of hydrogen-bond acceptors (Lipinski definition) is 5. The molecule has 6 rings (SSSR count). The van der Waals surface area contributed by atoms with Crippen molar-refractivity contribution in [1.82, 2.24) is 9.88 Å². The summed E-state index contributed by atoms with van der Waals surface area (Å²) in [6.45, 7) is 3.00. The van der Waals surface area contributed by atoms with Gasteiger partial charge in [0, 0.05) is 29.3 Å². The van der Waals surface area contributed by atoms with E-state index in [9.17, 15) is 14.4 Å². The van der Waals surface area contributed by atoms with Crippen LogP contribution in [-0.4, -0.2) is 59.1 Å². The van der Waals surface area contributed by atoms with E-state index in [-0.39, 0.29) is 18.4 Å². The minimum absolute atomic E-state index is 0.0536. The lowest BCUT2D eigenvalue weighted by Crippen LogP contribution is -2.41. The number of nitrogens with one attached hydrogen (secondary N) is 2. The first-order chi connectivity index (χ1) is 17.5. The van der Waals surface area contributed by atoms with Crippen molar-refractivity contribution in [2.75, 3.05) is 25.0 Å². The summed E-state index contributed by atoms with van der Waals surface area (Å²) in [4.78, 5) is 44.1. The molecule has 2 N–H and O–H groups in total. The molecule has 2 fully saturated rings. The van der Waals surface area contributed by atoms with Crippen LogP contribution in [0.4, 0.5) is 5.69 Å². The van der Waals surface area contributed by atoms with Gasteiger partial charge in [-0.1, -0.05) is 36.4 Å². The molecule has 3 aromatic rings. The zero-order chi connectivity index (χ0) is 24.9. The van der Waals surface area contributed by atoms with Crippen molar-refractivity contribution in [2.45, 2.75) is 25.0 Å². The van der Waals surface area contributed by atoms with E-state index in [1.165, 1.54) is 0 Å². The molecule has 0 aliphatic carbocycles. The molecule has 2 bridgehead atoms. The summed E-state index contributed by atoms with van der Waals surface area (Å²) >= 11 is 0. The fourth-order valence-corrected chi connectivity index (χ4v) is 5.82. The molecular weight excluding hydrogens is 458 g/mol. The van der Waals surface area contributed by atoms with Crippen molar-refractivity contribution in [3.05, 3.63) is 78.0 Å². The first kappa shape index (κ1) is 22.5. The van der Waals surface area contributed by atoms with Gasteiger partial charge in [0.15, 0.2) is 0 Å². The van der Waals surface area contributed by atoms with Gasteiger partial charge in [-0.2, -0.15) is 0 Å². The fraction of sp³-hybridized carbons (Fsp3) is 0.321. The minimum Gasteiger partial charge on any atom is -0.462 e. The van der Waals surface area contributed by atoms with Crippen LogP contribution in [0.5, 0.6) is 0 Å². The highest BCUT2D eigenvalue weighted by molar-refractivity contribution is 6.00. The number of hydrogen-bond donors (Lipinski definition) is 2. The Bertz CT molecular complexity index is 1390. The molecule has 0 radical (unpaired) electrons. The van der Waals surface area contributed by atoms with Crippen molar-refractivity contribution in [3.8, 4) is 0 Å². The van der Waals surface area contributed by atoms with E-state index in [0.717, 1.165) is 16.5 Å². The minimum atomic E-state index is -0.767. The topological polar surface area (TPSA) is 101 Å². The fourth-order valence-electron chi connectivity index (χ4n) is 5.82. The van der Waals surface area contributed by atoms with E-state index in [1.54, 1.807) is 31.2 Å². The van der Waals surface area contributed by atoms with Gasteiger partial charge < -0.3 is 24.7 Å². The summed E-state index contributed by atoms with van der Waals surface area (Å²) in [6.07, 6.45) is 6.11. The summed E-state index contributed by atoms with van der Waals surface area (Å²) in [6, 6.07) is 14.7. The van der Waals surface area contributed by atoms with Gasteiger partial charge in [-0.05, 0) is 43.2 Å². The second kappa shape index (κ2) is 8.64. The van der Waals surface area contributed by atoms with Crippen LogP contribution in [-0.2, 0) is 25.5 Å². The number of likely N-dealkylation sites (tertiary alicyclic amines) is 1. The van der Waals surface area contributed by atoms with Crippen LogP contribution in [0.3, 0.4) is 0 Å². The molecule has 4 atom stereocenters. The van der Waals surface area contributed by atoms with E-state index in [1.807, 2.05) is 41.4 Å².